The van der Waals surface area contributed by atoms with Gasteiger partial charge in [-0.15, -0.1) is 0 Å². The van der Waals surface area contributed by atoms with Crippen LogP contribution in [0.3, 0.4) is 0 Å². The number of nitrogens with one attached hydrogen (secondary N) is 1. The molecule has 1 heterocycles. The molecule has 0 bridgehead atoms. The maximum Gasteiger partial charge on any atom is 0.329 e. The zero-order chi connectivity index (χ0) is 20.1. The molecule has 0 atom stereocenters. The van der Waals surface area contributed by atoms with Crippen LogP contribution in [0.1, 0.15) is 18.9 Å². The molecule has 1 N–H and O–H groups in total. The van der Waals surface area contributed by atoms with Gasteiger partial charge < -0.3 is 14.8 Å². The molecule has 7 nitrogen and oxygen atoms in total. The molecule has 0 aliphatic heterocycles. The molecule has 3 rings (SSSR count). The lowest BCUT2D eigenvalue weighted by Gasteiger charge is -2.10. The Labute approximate surface area is 163 Å². The summed E-state index contributed by atoms with van der Waals surface area (Å²) in [5.41, 5.74) is 2.33. The number of carbonyl (C=O) groups is 1. The van der Waals surface area contributed by atoms with E-state index in [1.54, 1.807) is 24.9 Å². The normalized spacial score (nSPS) is 10.8. The maximum absolute atomic E-state index is 12.8. The first-order valence-corrected chi connectivity index (χ1v) is 9.24. The van der Waals surface area contributed by atoms with Crippen LogP contribution in [0.15, 0.2) is 47.3 Å². The molecule has 0 saturated heterocycles. The minimum atomic E-state index is -0.226. The third-order valence-corrected chi connectivity index (χ3v) is 4.61. The monoisotopic (exact) mass is 383 g/mol. The van der Waals surface area contributed by atoms with E-state index < -0.39 is 0 Å². The van der Waals surface area contributed by atoms with E-state index >= 15 is 0 Å². The third-order valence-electron chi connectivity index (χ3n) is 4.61. The molecular formula is C21H25N3O4. The van der Waals surface area contributed by atoms with Crippen LogP contribution in [-0.4, -0.2) is 29.3 Å². The van der Waals surface area contributed by atoms with Gasteiger partial charge in [-0.2, -0.15) is 0 Å². The Kier molecular flexibility index (Phi) is 6.03. The number of imidazole rings is 1. The molecule has 2 aromatic carbocycles. The predicted octanol–water partition coefficient (Wildman–Crippen LogP) is 2.55. The number of nitrogens with zero attached hydrogens (tertiary/aromatic N) is 2. The van der Waals surface area contributed by atoms with E-state index in [1.807, 2.05) is 43.3 Å². The van der Waals surface area contributed by atoms with E-state index in [0.29, 0.717) is 24.6 Å². The summed E-state index contributed by atoms with van der Waals surface area (Å²) in [6.07, 6.45) is 0.847. The minimum Gasteiger partial charge on any atom is -0.493 e. The lowest BCUT2D eigenvalue weighted by atomic mass is 10.2. The number of carbonyl (C=O) groups excluding carboxylic acids is 1. The number of ether oxygens (including phenoxy) is 2. The van der Waals surface area contributed by atoms with E-state index in [2.05, 4.69) is 5.32 Å². The highest BCUT2D eigenvalue weighted by Gasteiger charge is 2.15. The van der Waals surface area contributed by atoms with Crippen molar-refractivity contribution < 1.29 is 14.3 Å². The highest BCUT2D eigenvalue weighted by molar-refractivity contribution is 5.81. The highest BCUT2D eigenvalue weighted by atomic mass is 16.5. The first-order chi connectivity index (χ1) is 13.6. The molecule has 0 aliphatic carbocycles. The van der Waals surface area contributed by atoms with Crippen molar-refractivity contribution in [3.63, 3.8) is 0 Å². The van der Waals surface area contributed by atoms with Crippen molar-refractivity contribution in [3.8, 4) is 11.5 Å². The average molecular weight is 383 g/mol. The zero-order valence-corrected chi connectivity index (χ0v) is 16.4. The summed E-state index contributed by atoms with van der Waals surface area (Å²) in [4.78, 5) is 25.2. The van der Waals surface area contributed by atoms with Gasteiger partial charge in [0.2, 0.25) is 5.91 Å². The van der Waals surface area contributed by atoms with Gasteiger partial charge in [-0.05, 0) is 36.2 Å². The fourth-order valence-corrected chi connectivity index (χ4v) is 3.26. The fourth-order valence-electron chi connectivity index (χ4n) is 3.26. The second kappa shape index (κ2) is 8.65. The quantitative estimate of drug-likeness (QED) is 0.649. The van der Waals surface area contributed by atoms with Gasteiger partial charge in [0.05, 0.1) is 25.3 Å². The summed E-state index contributed by atoms with van der Waals surface area (Å²) in [6, 6.07) is 13.0. The number of amides is 1. The third kappa shape index (κ3) is 3.88. The summed E-state index contributed by atoms with van der Waals surface area (Å²) in [5.74, 6) is 1.01. The van der Waals surface area contributed by atoms with Crippen LogP contribution in [0.25, 0.3) is 11.0 Å². The van der Waals surface area contributed by atoms with Crippen molar-refractivity contribution in [2.24, 2.45) is 0 Å². The highest BCUT2D eigenvalue weighted by Crippen LogP contribution is 2.27. The summed E-state index contributed by atoms with van der Waals surface area (Å²) in [6.45, 7) is 2.96. The number of rotatable bonds is 8. The smallest absolute Gasteiger partial charge is 0.329 e. The van der Waals surface area contributed by atoms with E-state index in [-0.39, 0.29) is 18.1 Å². The van der Waals surface area contributed by atoms with E-state index in [0.717, 1.165) is 23.0 Å². The summed E-state index contributed by atoms with van der Waals surface area (Å²) < 4.78 is 13.7. The minimum absolute atomic E-state index is 0.0245. The van der Waals surface area contributed by atoms with Gasteiger partial charge in [0.1, 0.15) is 6.54 Å². The van der Waals surface area contributed by atoms with Crippen molar-refractivity contribution in [1.29, 1.82) is 0 Å². The Hall–Kier alpha value is -3.22. The van der Waals surface area contributed by atoms with Gasteiger partial charge in [-0.1, -0.05) is 25.1 Å². The predicted molar refractivity (Wildman–Crippen MR) is 108 cm³/mol. The van der Waals surface area contributed by atoms with Crippen LogP contribution in [0.5, 0.6) is 11.5 Å². The molecule has 28 heavy (non-hydrogen) atoms. The largest absolute Gasteiger partial charge is 0.493 e. The fraction of sp³-hybridized carbons (Fsp3) is 0.333. The Balaban J connectivity index is 1.75. The first kappa shape index (κ1) is 19.5. The lowest BCUT2D eigenvalue weighted by molar-refractivity contribution is -0.121. The van der Waals surface area contributed by atoms with Crippen molar-refractivity contribution in [2.45, 2.75) is 33.0 Å². The van der Waals surface area contributed by atoms with Gasteiger partial charge in [0.15, 0.2) is 11.5 Å². The van der Waals surface area contributed by atoms with Crippen LogP contribution in [-0.2, 0) is 24.4 Å². The molecule has 7 heteroatoms. The van der Waals surface area contributed by atoms with Gasteiger partial charge >= 0.3 is 5.69 Å². The Morgan fingerprint density at radius 1 is 1.00 bits per heavy atom. The summed E-state index contributed by atoms with van der Waals surface area (Å²) in [5, 5.41) is 2.87. The molecule has 1 amide bonds. The first-order valence-electron chi connectivity index (χ1n) is 9.24. The molecule has 0 radical (unpaired) electrons. The number of hydrogen-bond acceptors (Lipinski definition) is 4. The van der Waals surface area contributed by atoms with E-state index in [4.69, 9.17) is 9.47 Å². The van der Waals surface area contributed by atoms with Crippen molar-refractivity contribution in [1.82, 2.24) is 14.5 Å². The lowest BCUT2D eigenvalue weighted by Crippen LogP contribution is -2.32. The van der Waals surface area contributed by atoms with Crippen molar-refractivity contribution in [2.75, 3.05) is 14.2 Å². The van der Waals surface area contributed by atoms with Crippen LogP contribution in [0.2, 0.25) is 0 Å². The van der Waals surface area contributed by atoms with Gasteiger partial charge in [-0.25, -0.2) is 4.79 Å². The standard InChI is InChI=1S/C21H25N3O4/c1-4-11-23-16-7-5-6-8-17(16)24(21(23)26)14-20(25)22-13-15-9-10-18(27-2)19(12-15)28-3/h5-10,12H,4,11,13-14H2,1-3H3,(H,22,25). The molecule has 148 valence electrons. The Morgan fingerprint density at radius 2 is 1.68 bits per heavy atom. The topological polar surface area (TPSA) is 74.5 Å². The second-order valence-corrected chi connectivity index (χ2v) is 6.48. The Bertz CT molecular complexity index is 1040. The number of aryl methyl sites for hydroxylation is 1. The average Bonchev–Trinajstić information content (AvgIpc) is 2.98. The van der Waals surface area contributed by atoms with Crippen molar-refractivity contribution >= 4 is 16.9 Å². The summed E-state index contributed by atoms with van der Waals surface area (Å²) >= 11 is 0. The number of methoxy groups -OCH3 is 2. The number of aromatic nitrogens is 2. The number of benzene rings is 2. The molecule has 1 aromatic heterocycles. The van der Waals surface area contributed by atoms with Gasteiger partial charge in [0, 0.05) is 13.1 Å². The SMILES string of the molecule is CCCn1c(=O)n(CC(=O)NCc2ccc(OC)c(OC)c2)c2ccccc21. The molecule has 0 spiro atoms. The number of para-hydroxylation sites is 2. The van der Waals surface area contributed by atoms with Gasteiger partial charge in [-0.3, -0.25) is 13.9 Å². The molecule has 0 saturated carbocycles. The Morgan fingerprint density at radius 3 is 2.32 bits per heavy atom. The second-order valence-electron chi connectivity index (χ2n) is 6.48. The van der Waals surface area contributed by atoms with Crippen LogP contribution < -0.4 is 20.5 Å². The molecule has 0 unspecified atom stereocenters. The van der Waals surface area contributed by atoms with E-state index in [1.165, 1.54) is 4.57 Å². The maximum atomic E-state index is 12.8. The molecule has 0 aliphatic rings. The number of hydrogen-bond donors (Lipinski definition) is 1. The zero-order valence-electron chi connectivity index (χ0n) is 16.4. The van der Waals surface area contributed by atoms with Crippen LogP contribution >= 0.6 is 0 Å². The van der Waals surface area contributed by atoms with Crippen molar-refractivity contribution in [3.05, 3.63) is 58.5 Å². The van der Waals surface area contributed by atoms with E-state index in [9.17, 15) is 9.59 Å². The molecule has 3 aromatic rings. The number of fused-ring (bicyclic) bond motifs is 1. The molecular weight excluding hydrogens is 358 g/mol. The summed E-state index contributed by atoms with van der Waals surface area (Å²) in [7, 11) is 3.14. The van der Waals surface area contributed by atoms with Gasteiger partial charge in [0.25, 0.3) is 0 Å². The molecule has 0 fully saturated rings. The van der Waals surface area contributed by atoms with Crippen LogP contribution in [0.4, 0.5) is 0 Å². The van der Waals surface area contributed by atoms with Crippen LogP contribution in [0, 0.1) is 0 Å².